The molecule has 0 saturated carbocycles. The minimum absolute atomic E-state index is 0.149. The second-order valence-corrected chi connectivity index (χ2v) is 4.73. The van der Waals surface area contributed by atoms with Crippen LogP contribution < -0.4 is 5.73 Å². The van der Waals surface area contributed by atoms with E-state index < -0.39 is 5.82 Å². The van der Waals surface area contributed by atoms with Gasteiger partial charge < -0.3 is 5.73 Å². The lowest BCUT2D eigenvalue weighted by Crippen LogP contribution is -1.90. The van der Waals surface area contributed by atoms with Crippen LogP contribution in [-0.2, 0) is 0 Å². The molecule has 3 nitrogen and oxygen atoms in total. The van der Waals surface area contributed by atoms with Crippen molar-refractivity contribution in [2.75, 3.05) is 5.73 Å². The average molecular weight is 247 g/mol. The molecule has 3 rings (SSSR count). The number of hydrogen-bond donors (Lipinski definition) is 1. The highest BCUT2D eigenvalue weighted by Gasteiger charge is 2.08. The van der Waals surface area contributed by atoms with E-state index in [2.05, 4.69) is 4.98 Å². The SMILES string of the molecule is Cc1csc2nc(-c3ccc(F)c(N)c3)cn12. The summed E-state index contributed by atoms with van der Waals surface area (Å²) in [6.45, 7) is 2.02. The van der Waals surface area contributed by atoms with Crippen molar-refractivity contribution in [1.82, 2.24) is 9.38 Å². The summed E-state index contributed by atoms with van der Waals surface area (Å²) in [6.07, 6.45) is 1.94. The van der Waals surface area contributed by atoms with E-state index in [1.165, 1.54) is 6.07 Å². The predicted molar refractivity (Wildman–Crippen MR) is 67.6 cm³/mol. The first-order valence-electron chi connectivity index (χ1n) is 5.14. The van der Waals surface area contributed by atoms with Crippen LogP contribution in [0.15, 0.2) is 29.8 Å². The van der Waals surface area contributed by atoms with Gasteiger partial charge in [0.1, 0.15) is 5.82 Å². The largest absolute Gasteiger partial charge is 0.396 e. The molecule has 0 unspecified atom stereocenters. The van der Waals surface area contributed by atoms with Gasteiger partial charge in [0, 0.05) is 22.8 Å². The number of aryl methyl sites for hydroxylation is 1. The molecule has 0 aliphatic carbocycles. The number of anilines is 1. The molecule has 0 aliphatic heterocycles. The van der Waals surface area contributed by atoms with Crippen molar-refractivity contribution in [3.8, 4) is 11.3 Å². The molecule has 0 saturated heterocycles. The summed E-state index contributed by atoms with van der Waals surface area (Å²) < 4.78 is 15.1. The van der Waals surface area contributed by atoms with Crippen LogP contribution in [0.2, 0.25) is 0 Å². The highest BCUT2D eigenvalue weighted by Crippen LogP contribution is 2.25. The highest BCUT2D eigenvalue weighted by atomic mass is 32.1. The summed E-state index contributed by atoms with van der Waals surface area (Å²) in [5.74, 6) is -0.397. The van der Waals surface area contributed by atoms with Gasteiger partial charge >= 0.3 is 0 Å². The molecule has 0 spiro atoms. The molecule has 0 fully saturated rings. The molecule has 0 bridgehead atoms. The number of nitrogens with zero attached hydrogens (tertiary/aromatic N) is 2. The Balaban J connectivity index is 2.16. The Bertz CT molecular complexity index is 699. The van der Waals surface area contributed by atoms with E-state index in [4.69, 9.17) is 5.73 Å². The van der Waals surface area contributed by atoms with Crippen LogP contribution in [0.4, 0.5) is 10.1 Å². The standard InChI is InChI=1S/C12H10FN3S/c1-7-6-17-12-15-11(5-16(7)12)8-2-3-9(13)10(14)4-8/h2-6H,14H2,1H3. The third-order valence-corrected chi connectivity index (χ3v) is 3.64. The summed E-state index contributed by atoms with van der Waals surface area (Å²) >= 11 is 1.58. The summed E-state index contributed by atoms with van der Waals surface area (Å²) in [5.41, 5.74) is 8.48. The first kappa shape index (κ1) is 10.3. The summed E-state index contributed by atoms with van der Waals surface area (Å²) in [6, 6.07) is 4.66. The van der Waals surface area contributed by atoms with E-state index in [0.717, 1.165) is 21.9 Å². The molecule has 2 aromatic heterocycles. The van der Waals surface area contributed by atoms with Crippen LogP contribution >= 0.6 is 11.3 Å². The molecule has 86 valence electrons. The fraction of sp³-hybridized carbons (Fsp3) is 0.0833. The van der Waals surface area contributed by atoms with Gasteiger partial charge in [-0.15, -0.1) is 11.3 Å². The molecular weight excluding hydrogens is 237 g/mol. The third-order valence-electron chi connectivity index (χ3n) is 2.68. The minimum Gasteiger partial charge on any atom is -0.396 e. The molecule has 0 radical (unpaired) electrons. The molecule has 3 aromatic rings. The monoisotopic (exact) mass is 247 g/mol. The number of halogens is 1. The normalized spacial score (nSPS) is 11.2. The molecule has 17 heavy (non-hydrogen) atoms. The van der Waals surface area contributed by atoms with Crippen molar-refractivity contribution >= 4 is 22.0 Å². The molecule has 2 N–H and O–H groups in total. The van der Waals surface area contributed by atoms with Crippen molar-refractivity contribution in [1.29, 1.82) is 0 Å². The Morgan fingerprint density at radius 2 is 2.24 bits per heavy atom. The minimum atomic E-state index is -0.397. The average Bonchev–Trinajstić information content (AvgIpc) is 2.86. The van der Waals surface area contributed by atoms with Crippen molar-refractivity contribution < 1.29 is 4.39 Å². The number of imidazole rings is 1. The highest BCUT2D eigenvalue weighted by molar-refractivity contribution is 7.15. The van der Waals surface area contributed by atoms with Gasteiger partial charge in [0.25, 0.3) is 0 Å². The van der Waals surface area contributed by atoms with Gasteiger partial charge in [-0.1, -0.05) is 0 Å². The quantitative estimate of drug-likeness (QED) is 0.671. The first-order valence-corrected chi connectivity index (χ1v) is 6.02. The second kappa shape index (κ2) is 3.56. The van der Waals surface area contributed by atoms with E-state index in [1.54, 1.807) is 23.5 Å². The third kappa shape index (κ3) is 1.59. The van der Waals surface area contributed by atoms with Gasteiger partial charge in [-0.05, 0) is 25.1 Å². The maximum atomic E-state index is 13.1. The predicted octanol–water partition coefficient (Wildman–Crippen LogP) is 3.09. The number of thiazole rings is 1. The van der Waals surface area contributed by atoms with E-state index in [9.17, 15) is 4.39 Å². The molecule has 2 heterocycles. The lowest BCUT2D eigenvalue weighted by molar-refractivity contribution is 0.632. The van der Waals surface area contributed by atoms with Gasteiger partial charge in [-0.25, -0.2) is 9.37 Å². The zero-order valence-corrected chi connectivity index (χ0v) is 9.96. The van der Waals surface area contributed by atoms with E-state index >= 15 is 0 Å². The summed E-state index contributed by atoms with van der Waals surface area (Å²) in [7, 11) is 0. The van der Waals surface area contributed by atoms with Crippen LogP contribution in [0, 0.1) is 12.7 Å². The maximum Gasteiger partial charge on any atom is 0.194 e. The second-order valence-electron chi connectivity index (χ2n) is 3.89. The number of nitrogens with two attached hydrogens (primary N) is 1. The smallest absolute Gasteiger partial charge is 0.194 e. The van der Waals surface area contributed by atoms with Crippen LogP contribution in [0.3, 0.4) is 0 Å². The van der Waals surface area contributed by atoms with Crippen LogP contribution in [-0.4, -0.2) is 9.38 Å². The molecular formula is C12H10FN3S. The number of hydrogen-bond acceptors (Lipinski definition) is 3. The molecule has 0 aliphatic rings. The number of fused-ring (bicyclic) bond motifs is 1. The van der Waals surface area contributed by atoms with E-state index in [0.29, 0.717) is 0 Å². The van der Waals surface area contributed by atoms with Gasteiger partial charge in [0.2, 0.25) is 0 Å². The zero-order valence-electron chi connectivity index (χ0n) is 9.14. The van der Waals surface area contributed by atoms with E-state index in [-0.39, 0.29) is 5.69 Å². The van der Waals surface area contributed by atoms with Gasteiger partial charge in [-0.2, -0.15) is 0 Å². The zero-order chi connectivity index (χ0) is 12.0. The topological polar surface area (TPSA) is 43.3 Å². The van der Waals surface area contributed by atoms with Crippen LogP contribution in [0.5, 0.6) is 0 Å². The lowest BCUT2D eigenvalue weighted by Gasteiger charge is -1.99. The molecule has 0 atom stereocenters. The van der Waals surface area contributed by atoms with Gasteiger partial charge in [-0.3, -0.25) is 4.40 Å². The number of nitrogen functional groups attached to an aromatic ring is 1. The van der Waals surface area contributed by atoms with Crippen molar-refractivity contribution in [2.45, 2.75) is 6.92 Å². The van der Waals surface area contributed by atoms with Crippen molar-refractivity contribution in [3.05, 3.63) is 41.3 Å². The number of aromatic nitrogens is 2. The Labute approximate surface area is 101 Å². The number of benzene rings is 1. The Hall–Kier alpha value is -1.88. The fourth-order valence-electron chi connectivity index (χ4n) is 1.74. The summed E-state index contributed by atoms with van der Waals surface area (Å²) in [5, 5.41) is 2.05. The Morgan fingerprint density at radius 1 is 1.41 bits per heavy atom. The van der Waals surface area contributed by atoms with Gasteiger partial charge in [0.05, 0.1) is 11.4 Å². The fourth-order valence-corrected chi connectivity index (χ4v) is 2.59. The first-order chi connectivity index (χ1) is 8.15. The number of rotatable bonds is 1. The molecule has 1 aromatic carbocycles. The van der Waals surface area contributed by atoms with Crippen LogP contribution in [0.25, 0.3) is 16.2 Å². The maximum absolute atomic E-state index is 13.1. The molecule has 0 amide bonds. The lowest BCUT2D eigenvalue weighted by atomic mass is 10.1. The van der Waals surface area contributed by atoms with Crippen LogP contribution in [0.1, 0.15) is 5.69 Å². The van der Waals surface area contributed by atoms with Crippen molar-refractivity contribution in [3.63, 3.8) is 0 Å². The van der Waals surface area contributed by atoms with Gasteiger partial charge in [0.15, 0.2) is 4.96 Å². The van der Waals surface area contributed by atoms with Crippen molar-refractivity contribution in [2.24, 2.45) is 0 Å². The Morgan fingerprint density at radius 3 is 2.94 bits per heavy atom. The Kier molecular flexibility index (Phi) is 2.16. The summed E-state index contributed by atoms with van der Waals surface area (Å²) in [4.78, 5) is 5.41. The van der Waals surface area contributed by atoms with E-state index in [1.807, 2.05) is 22.9 Å². The molecule has 5 heteroatoms.